The fourth-order valence-corrected chi connectivity index (χ4v) is 2.48. The van der Waals surface area contributed by atoms with E-state index in [1.165, 1.54) is 17.0 Å². The predicted octanol–water partition coefficient (Wildman–Crippen LogP) is 4.48. The summed E-state index contributed by atoms with van der Waals surface area (Å²) in [5, 5.41) is 0. The van der Waals surface area contributed by atoms with Gasteiger partial charge >= 0.3 is 6.18 Å². The highest BCUT2D eigenvalue weighted by Gasteiger charge is 2.30. The smallest absolute Gasteiger partial charge is 0.416 e. The van der Waals surface area contributed by atoms with Gasteiger partial charge in [0.25, 0.3) is 0 Å². The normalized spacial score (nSPS) is 12.6. The first-order valence-corrected chi connectivity index (χ1v) is 7.78. The van der Waals surface area contributed by atoms with E-state index in [4.69, 9.17) is 4.74 Å². The maximum absolute atomic E-state index is 12.8. The van der Waals surface area contributed by atoms with E-state index in [1.807, 2.05) is 19.1 Å². The molecule has 0 spiro atoms. The minimum atomic E-state index is -4.42. The molecule has 0 aliphatic heterocycles. The Labute approximate surface area is 145 Å². The summed E-state index contributed by atoms with van der Waals surface area (Å²) >= 11 is 0. The largest absolute Gasteiger partial charge is 0.497 e. The van der Waals surface area contributed by atoms with Crippen LogP contribution in [0.15, 0.2) is 48.5 Å². The van der Waals surface area contributed by atoms with Crippen molar-refractivity contribution in [3.05, 3.63) is 65.2 Å². The molecule has 25 heavy (non-hydrogen) atoms. The number of nitrogens with zero attached hydrogens (tertiary/aromatic N) is 1. The molecule has 1 unspecified atom stereocenters. The number of carbonyl (C=O) groups is 1. The van der Waals surface area contributed by atoms with E-state index < -0.39 is 11.7 Å². The molecule has 0 saturated heterocycles. The van der Waals surface area contributed by atoms with E-state index in [0.29, 0.717) is 11.3 Å². The summed E-state index contributed by atoms with van der Waals surface area (Å²) in [5.74, 6) is 0.469. The van der Waals surface area contributed by atoms with E-state index >= 15 is 0 Å². The van der Waals surface area contributed by atoms with Crippen molar-refractivity contribution in [2.75, 3.05) is 14.2 Å². The molecule has 0 aromatic heterocycles. The Morgan fingerprint density at radius 1 is 1.16 bits per heavy atom. The molecule has 0 N–H and O–H groups in total. The summed E-state index contributed by atoms with van der Waals surface area (Å²) in [6, 6.07) is 12.0. The number of rotatable bonds is 5. The molecule has 0 aliphatic carbocycles. The molecule has 134 valence electrons. The SMILES string of the molecule is COc1ccc(C(C)N(C)C(=O)Cc2cccc(C(F)(F)F)c2)cc1. The molecule has 6 heteroatoms. The first-order valence-electron chi connectivity index (χ1n) is 7.78. The highest BCUT2D eigenvalue weighted by Crippen LogP contribution is 2.30. The molecule has 2 aromatic rings. The van der Waals surface area contributed by atoms with E-state index in [2.05, 4.69) is 0 Å². The second kappa shape index (κ2) is 7.59. The van der Waals surface area contributed by atoms with Gasteiger partial charge in [-0.05, 0) is 36.2 Å². The standard InChI is InChI=1S/C19H20F3NO2/c1-13(15-7-9-17(25-3)10-8-15)23(2)18(24)12-14-5-4-6-16(11-14)19(20,21)22/h4-11,13H,12H2,1-3H3. The Bertz CT molecular complexity index is 726. The van der Waals surface area contributed by atoms with E-state index in [0.717, 1.165) is 17.7 Å². The lowest BCUT2D eigenvalue weighted by Gasteiger charge is -2.25. The van der Waals surface area contributed by atoms with Gasteiger partial charge in [0.1, 0.15) is 5.75 Å². The molecule has 1 amide bonds. The van der Waals surface area contributed by atoms with E-state index in [-0.39, 0.29) is 18.4 Å². The first kappa shape index (κ1) is 18.8. The molecule has 3 nitrogen and oxygen atoms in total. The minimum absolute atomic E-state index is 0.0824. The molecule has 0 saturated carbocycles. The molecule has 0 radical (unpaired) electrons. The van der Waals surface area contributed by atoms with Crippen molar-refractivity contribution in [3.63, 3.8) is 0 Å². The quantitative estimate of drug-likeness (QED) is 0.795. The third kappa shape index (κ3) is 4.75. The number of likely N-dealkylation sites (N-methyl/N-ethyl adjacent to an activating group) is 1. The average molecular weight is 351 g/mol. The number of alkyl halides is 3. The van der Waals surface area contributed by atoms with Crippen LogP contribution in [0.3, 0.4) is 0 Å². The fourth-order valence-electron chi connectivity index (χ4n) is 2.48. The number of halogens is 3. The summed E-state index contributed by atoms with van der Waals surface area (Å²) in [4.78, 5) is 14.0. The van der Waals surface area contributed by atoms with Gasteiger partial charge in [-0.2, -0.15) is 13.2 Å². The Hall–Kier alpha value is -2.50. The second-order valence-corrected chi connectivity index (χ2v) is 5.83. The summed E-state index contributed by atoms with van der Waals surface area (Å²) in [6.07, 6.45) is -4.50. The Balaban J connectivity index is 2.09. The highest BCUT2D eigenvalue weighted by atomic mass is 19.4. The maximum Gasteiger partial charge on any atom is 0.416 e. The van der Waals surface area contributed by atoms with Crippen molar-refractivity contribution in [3.8, 4) is 5.75 Å². The molecule has 0 bridgehead atoms. The third-order valence-corrected chi connectivity index (χ3v) is 4.18. The van der Waals surface area contributed by atoms with Gasteiger partial charge in [-0.15, -0.1) is 0 Å². The zero-order chi connectivity index (χ0) is 18.6. The Kier molecular flexibility index (Phi) is 5.72. The molecule has 0 fully saturated rings. The first-order chi connectivity index (χ1) is 11.7. The van der Waals surface area contributed by atoms with E-state index in [1.54, 1.807) is 26.3 Å². The number of hydrogen-bond donors (Lipinski definition) is 0. The van der Waals surface area contributed by atoms with Crippen LogP contribution in [0.5, 0.6) is 5.75 Å². The monoisotopic (exact) mass is 351 g/mol. The van der Waals surface area contributed by atoms with Crippen LogP contribution in [-0.4, -0.2) is 25.0 Å². The van der Waals surface area contributed by atoms with Crippen LogP contribution in [0, 0.1) is 0 Å². The van der Waals surface area contributed by atoms with Crippen molar-refractivity contribution in [2.45, 2.75) is 25.6 Å². The van der Waals surface area contributed by atoms with Gasteiger partial charge in [0.05, 0.1) is 25.1 Å². The Morgan fingerprint density at radius 2 is 1.80 bits per heavy atom. The zero-order valence-electron chi connectivity index (χ0n) is 14.3. The number of ether oxygens (including phenoxy) is 1. The number of benzene rings is 2. The van der Waals surface area contributed by atoms with Crippen LogP contribution in [0.4, 0.5) is 13.2 Å². The van der Waals surface area contributed by atoms with Crippen molar-refractivity contribution in [2.24, 2.45) is 0 Å². The number of methoxy groups -OCH3 is 1. The molecule has 0 aliphatic rings. The minimum Gasteiger partial charge on any atom is -0.497 e. The average Bonchev–Trinajstić information content (AvgIpc) is 2.60. The van der Waals surface area contributed by atoms with Crippen molar-refractivity contribution in [1.29, 1.82) is 0 Å². The lowest BCUT2D eigenvalue weighted by atomic mass is 10.0. The fraction of sp³-hybridized carbons (Fsp3) is 0.316. The van der Waals surface area contributed by atoms with Gasteiger partial charge in [-0.1, -0.05) is 30.3 Å². The van der Waals surface area contributed by atoms with Crippen LogP contribution < -0.4 is 4.74 Å². The number of amides is 1. The second-order valence-electron chi connectivity index (χ2n) is 5.83. The van der Waals surface area contributed by atoms with Gasteiger partial charge < -0.3 is 9.64 Å². The van der Waals surface area contributed by atoms with E-state index in [9.17, 15) is 18.0 Å². The number of hydrogen-bond acceptors (Lipinski definition) is 2. The van der Waals surface area contributed by atoms with Crippen molar-refractivity contribution < 1.29 is 22.7 Å². The van der Waals surface area contributed by atoms with Crippen LogP contribution in [0.2, 0.25) is 0 Å². The van der Waals surface area contributed by atoms with Crippen LogP contribution in [0.25, 0.3) is 0 Å². The lowest BCUT2D eigenvalue weighted by molar-refractivity contribution is -0.138. The van der Waals surface area contributed by atoms with Crippen molar-refractivity contribution >= 4 is 5.91 Å². The number of carbonyl (C=O) groups excluding carboxylic acids is 1. The summed E-state index contributed by atoms with van der Waals surface area (Å²) in [6.45, 7) is 1.87. The maximum atomic E-state index is 12.8. The van der Waals surface area contributed by atoms with Crippen molar-refractivity contribution in [1.82, 2.24) is 4.90 Å². The third-order valence-electron chi connectivity index (χ3n) is 4.18. The molecule has 2 rings (SSSR count). The summed E-state index contributed by atoms with van der Waals surface area (Å²) in [5.41, 5.74) is 0.512. The lowest BCUT2D eigenvalue weighted by Crippen LogP contribution is -2.31. The molecule has 0 heterocycles. The topological polar surface area (TPSA) is 29.5 Å². The van der Waals surface area contributed by atoms with Gasteiger partial charge in [-0.25, -0.2) is 0 Å². The molecular formula is C19H20F3NO2. The van der Waals surface area contributed by atoms with Crippen LogP contribution >= 0.6 is 0 Å². The summed E-state index contributed by atoms with van der Waals surface area (Å²) < 4.78 is 43.4. The zero-order valence-corrected chi connectivity index (χ0v) is 14.3. The predicted molar refractivity (Wildman–Crippen MR) is 89.3 cm³/mol. The van der Waals surface area contributed by atoms with Gasteiger partial charge in [-0.3, -0.25) is 4.79 Å². The molecule has 1 atom stereocenters. The molecular weight excluding hydrogens is 331 g/mol. The van der Waals surface area contributed by atoms with Gasteiger partial charge in [0.2, 0.25) is 5.91 Å². The Morgan fingerprint density at radius 3 is 2.36 bits per heavy atom. The summed E-state index contributed by atoms with van der Waals surface area (Å²) in [7, 11) is 3.22. The van der Waals surface area contributed by atoms with Crippen LogP contribution in [0.1, 0.15) is 29.7 Å². The van der Waals surface area contributed by atoms with Gasteiger partial charge in [0, 0.05) is 7.05 Å². The van der Waals surface area contributed by atoms with Gasteiger partial charge in [0.15, 0.2) is 0 Å². The van der Waals surface area contributed by atoms with Crippen LogP contribution in [-0.2, 0) is 17.4 Å². The highest BCUT2D eigenvalue weighted by molar-refractivity contribution is 5.79. The molecule has 2 aromatic carbocycles.